The summed E-state index contributed by atoms with van der Waals surface area (Å²) in [6.45, 7) is 7.83. The summed E-state index contributed by atoms with van der Waals surface area (Å²) in [5.74, 6) is 1.12. The molecule has 2 aromatic heterocycles. The molecule has 2 aliphatic heterocycles. The van der Waals surface area contributed by atoms with E-state index in [1.165, 1.54) is 5.56 Å². The topological polar surface area (TPSA) is 67.6 Å². The van der Waals surface area contributed by atoms with Gasteiger partial charge in [0.05, 0.1) is 18.9 Å². The second-order valence-corrected chi connectivity index (χ2v) is 11.0. The number of benzene rings is 2. The van der Waals surface area contributed by atoms with Crippen molar-refractivity contribution in [2.45, 2.75) is 32.4 Å². The van der Waals surface area contributed by atoms with E-state index < -0.39 is 0 Å². The highest BCUT2D eigenvalue weighted by Gasteiger charge is 2.34. The number of aromatic nitrogens is 3. The fourth-order valence-corrected chi connectivity index (χ4v) is 6.35. The summed E-state index contributed by atoms with van der Waals surface area (Å²) >= 11 is 9.55. The molecule has 0 aliphatic carbocycles. The Morgan fingerprint density at radius 3 is 2.68 bits per heavy atom. The quantitative estimate of drug-likeness (QED) is 0.243. The van der Waals surface area contributed by atoms with Gasteiger partial charge >= 0.3 is 0 Å². The van der Waals surface area contributed by atoms with Crippen LogP contribution in [0.4, 0.5) is 0 Å². The van der Waals surface area contributed by atoms with Crippen LogP contribution in [0.2, 0.25) is 0 Å². The highest BCUT2D eigenvalue weighted by molar-refractivity contribution is 9.10. The molecule has 0 saturated carbocycles. The highest BCUT2D eigenvalue weighted by atomic mass is 79.9. The molecule has 1 saturated heterocycles. The summed E-state index contributed by atoms with van der Waals surface area (Å²) in [6, 6.07) is 14.4. The van der Waals surface area contributed by atoms with Gasteiger partial charge in [0.2, 0.25) is 5.88 Å². The Morgan fingerprint density at radius 1 is 1.14 bits per heavy atom. The summed E-state index contributed by atoms with van der Waals surface area (Å²) in [7, 11) is 0. The molecule has 4 aromatic rings. The molecule has 1 unspecified atom stereocenters. The van der Waals surface area contributed by atoms with Crippen LogP contribution in [0, 0.1) is 4.77 Å². The van der Waals surface area contributed by atoms with Crippen molar-refractivity contribution in [2.75, 3.05) is 39.5 Å². The lowest BCUT2D eigenvalue weighted by molar-refractivity contribution is 0.0322. The lowest BCUT2D eigenvalue weighted by Crippen LogP contribution is -2.38. The zero-order valence-corrected chi connectivity index (χ0v) is 23.3. The average molecular weight is 584 g/mol. The SMILES string of the molecule is CCCn1c(O)c2n(c1=S)C(c1ccc(OCCN3CCOCC3)cc1)c1[nH]c3ccc(Br)cc3c1C2. The average Bonchev–Trinajstić information content (AvgIpc) is 3.39. The molecule has 2 aliphatic rings. The van der Waals surface area contributed by atoms with Gasteiger partial charge in [0.15, 0.2) is 4.77 Å². The van der Waals surface area contributed by atoms with Gasteiger partial charge in [0.25, 0.3) is 0 Å². The number of nitrogens with one attached hydrogen (secondary N) is 1. The molecular formula is C28H31BrN4O3S. The zero-order valence-electron chi connectivity index (χ0n) is 20.9. The largest absolute Gasteiger partial charge is 0.493 e. The number of ether oxygens (including phenoxy) is 2. The molecule has 1 atom stereocenters. The van der Waals surface area contributed by atoms with Crippen molar-refractivity contribution in [1.82, 2.24) is 19.0 Å². The van der Waals surface area contributed by atoms with Gasteiger partial charge < -0.3 is 24.1 Å². The number of fused-ring (bicyclic) bond motifs is 4. The Balaban J connectivity index is 1.36. The van der Waals surface area contributed by atoms with Gasteiger partial charge in [-0.3, -0.25) is 9.47 Å². The number of nitrogens with zero attached hydrogens (tertiary/aromatic N) is 3. The molecule has 9 heteroatoms. The number of rotatable bonds is 7. The van der Waals surface area contributed by atoms with Crippen LogP contribution < -0.4 is 4.74 Å². The summed E-state index contributed by atoms with van der Waals surface area (Å²) < 4.78 is 17.2. The Bertz CT molecular complexity index is 1480. The maximum Gasteiger partial charge on any atom is 0.213 e. The van der Waals surface area contributed by atoms with Crippen molar-refractivity contribution >= 4 is 39.1 Å². The Kier molecular flexibility index (Phi) is 6.88. The molecule has 1 fully saturated rings. The van der Waals surface area contributed by atoms with E-state index in [2.05, 4.69) is 61.6 Å². The van der Waals surface area contributed by atoms with E-state index in [0.717, 1.165) is 77.3 Å². The Hall–Kier alpha value is -2.59. The second kappa shape index (κ2) is 10.3. The number of aromatic hydroxyl groups is 1. The van der Waals surface area contributed by atoms with Gasteiger partial charge in [-0.15, -0.1) is 0 Å². The van der Waals surface area contributed by atoms with E-state index >= 15 is 0 Å². The first-order valence-electron chi connectivity index (χ1n) is 12.9. The van der Waals surface area contributed by atoms with Crippen LogP contribution in [0.3, 0.4) is 0 Å². The fraction of sp³-hybridized carbons (Fsp3) is 0.393. The smallest absolute Gasteiger partial charge is 0.213 e. The lowest BCUT2D eigenvalue weighted by Gasteiger charge is -2.27. The summed E-state index contributed by atoms with van der Waals surface area (Å²) in [6.07, 6.45) is 1.52. The molecular weight excluding hydrogens is 552 g/mol. The first kappa shape index (κ1) is 24.7. The van der Waals surface area contributed by atoms with Gasteiger partial charge in [-0.1, -0.05) is 35.0 Å². The third kappa shape index (κ3) is 4.52. The van der Waals surface area contributed by atoms with Crippen LogP contribution >= 0.6 is 28.1 Å². The van der Waals surface area contributed by atoms with Crippen molar-refractivity contribution in [3.05, 3.63) is 74.2 Å². The van der Waals surface area contributed by atoms with E-state index in [0.29, 0.717) is 24.3 Å². The highest BCUT2D eigenvalue weighted by Crippen LogP contribution is 2.43. The van der Waals surface area contributed by atoms with E-state index in [1.54, 1.807) is 0 Å². The van der Waals surface area contributed by atoms with Crippen LogP contribution in [0.25, 0.3) is 10.9 Å². The van der Waals surface area contributed by atoms with Crippen molar-refractivity contribution in [3.63, 3.8) is 0 Å². The number of hydrogen-bond acceptors (Lipinski definition) is 5. The third-order valence-electron chi connectivity index (χ3n) is 7.44. The van der Waals surface area contributed by atoms with Crippen LogP contribution in [0.1, 0.15) is 41.9 Å². The van der Waals surface area contributed by atoms with Gasteiger partial charge in [0, 0.05) is 53.7 Å². The van der Waals surface area contributed by atoms with Crippen molar-refractivity contribution in [1.29, 1.82) is 0 Å². The van der Waals surface area contributed by atoms with Crippen molar-refractivity contribution < 1.29 is 14.6 Å². The van der Waals surface area contributed by atoms with E-state index in [-0.39, 0.29) is 11.9 Å². The standard InChI is InChI=1S/C28H31BrN4O3S/c1-2-9-32-27(34)24-17-22-21-16-19(29)5-8-23(21)30-25(22)26(33(24)28(32)37)18-3-6-20(7-4-18)36-15-12-31-10-13-35-14-11-31/h3-8,16,26,30,34H,2,9-15,17H2,1H3. The zero-order chi connectivity index (χ0) is 25.5. The molecule has 6 rings (SSSR count). The summed E-state index contributed by atoms with van der Waals surface area (Å²) in [5, 5.41) is 12.4. The number of aromatic amines is 1. The maximum absolute atomic E-state index is 11.2. The molecule has 2 N–H and O–H groups in total. The molecule has 194 valence electrons. The number of morpholine rings is 1. The van der Waals surface area contributed by atoms with E-state index in [9.17, 15) is 5.11 Å². The van der Waals surface area contributed by atoms with Crippen LogP contribution in [0.15, 0.2) is 46.9 Å². The Morgan fingerprint density at radius 2 is 1.92 bits per heavy atom. The minimum absolute atomic E-state index is 0.163. The third-order valence-corrected chi connectivity index (χ3v) is 8.35. The molecule has 0 spiro atoms. The predicted molar refractivity (Wildman–Crippen MR) is 150 cm³/mol. The molecule has 0 radical (unpaired) electrons. The predicted octanol–water partition coefficient (Wildman–Crippen LogP) is 5.63. The number of hydrogen-bond donors (Lipinski definition) is 2. The van der Waals surface area contributed by atoms with E-state index in [4.69, 9.17) is 21.7 Å². The summed E-state index contributed by atoms with van der Waals surface area (Å²) in [5.41, 5.74) is 5.36. The van der Waals surface area contributed by atoms with Crippen LogP contribution in [-0.4, -0.2) is 63.6 Å². The molecule has 0 bridgehead atoms. The summed E-state index contributed by atoms with van der Waals surface area (Å²) in [4.78, 5) is 6.05. The number of H-pyrrole nitrogens is 1. The van der Waals surface area contributed by atoms with Crippen LogP contribution in [0.5, 0.6) is 11.6 Å². The first-order chi connectivity index (χ1) is 18.0. The molecule has 2 aromatic carbocycles. The normalized spacial score (nSPS) is 17.6. The molecule has 0 amide bonds. The lowest BCUT2D eigenvalue weighted by atomic mass is 9.93. The molecule has 37 heavy (non-hydrogen) atoms. The van der Waals surface area contributed by atoms with Gasteiger partial charge in [0.1, 0.15) is 18.4 Å². The minimum atomic E-state index is -0.163. The second-order valence-electron chi connectivity index (χ2n) is 9.73. The number of halogens is 1. The molecule has 7 nitrogen and oxygen atoms in total. The first-order valence-corrected chi connectivity index (χ1v) is 14.1. The Labute approximate surface area is 229 Å². The van der Waals surface area contributed by atoms with E-state index in [1.807, 2.05) is 22.8 Å². The minimum Gasteiger partial charge on any atom is -0.493 e. The van der Waals surface area contributed by atoms with Gasteiger partial charge in [-0.05, 0) is 60.1 Å². The van der Waals surface area contributed by atoms with Crippen LogP contribution in [-0.2, 0) is 17.7 Å². The van der Waals surface area contributed by atoms with Gasteiger partial charge in [-0.2, -0.15) is 0 Å². The fourth-order valence-electron chi connectivity index (χ4n) is 5.60. The maximum atomic E-state index is 11.2. The van der Waals surface area contributed by atoms with Crippen molar-refractivity contribution in [2.24, 2.45) is 0 Å². The van der Waals surface area contributed by atoms with Crippen molar-refractivity contribution in [3.8, 4) is 11.6 Å². The monoisotopic (exact) mass is 582 g/mol. The molecule has 4 heterocycles. The van der Waals surface area contributed by atoms with Gasteiger partial charge in [-0.25, -0.2) is 0 Å². The number of imidazole rings is 1.